The molecule has 1 heterocycles. The number of nitriles is 1. The van der Waals surface area contributed by atoms with Gasteiger partial charge in [0.05, 0.1) is 29.5 Å². The highest BCUT2D eigenvalue weighted by molar-refractivity contribution is 5.88. The van der Waals surface area contributed by atoms with Gasteiger partial charge in [-0.15, -0.1) is 0 Å². The molecule has 6 nitrogen and oxygen atoms in total. The van der Waals surface area contributed by atoms with Crippen LogP contribution in [0.2, 0.25) is 0 Å². The molecule has 0 spiro atoms. The minimum atomic E-state index is -1.04. The number of aryl methyl sites for hydroxylation is 1. The van der Waals surface area contributed by atoms with Gasteiger partial charge in [-0.2, -0.15) is 5.26 Å². The van der Waals surface area contributed by atoms with Gasteiger partial charge in [0.1, 0.15) is 5.75 Å². The number of hydrogen-bond acceptors (Lipinski definition) is 5. The van der Waals surface area contributed by atoms with Crippen molar-refractivity contribution in [2.45, 2.75) is 32.6 Å². The van der Waals surface area contributed by atoms with Gasteiger partial charge in [0, 0.05) is 12.1 Å². The summed E-state index contributed by atoms with van der Waals surface area (Å²) in [6.45, 7) is 2.21. The first kappa shape index (κ1) is 17.9. The number of carbonyl (C=O) groups is 1. The molecule has 1 saturated carbocycles. The van der Waals surface area contributed by atoms with Crippen LogP contribution in [0, 0.1) is 30.1 Å². The van der Waals surface area contributed by atoms with Crippen LogP contribution in [0.4, 0.5) is 0 Å². The second-order valence-electron chi connectivity index (χ2n) is 6.66. The van der Waals surface area contributed by atoms with E-state index in [1.165, 1.54) is 6.20 Å². The van der Waals surface area contributed by atoms with E-state index >= 15 is 0 Å². The highest BCUT2D eigenvalue weighted by atomic mass is 16.5. The van der Waals surface area contributed by atoms with Gasteiger partial charge < -0.3 is 9.84 Å². The third-order valence-electron chi connectivity index (χ3n) is 4.78. The van der Waals surface area contributed by atoms with Crippen molar-refractivity contribution in [3.05, 3.63) is 41.7 Å². The van der Waals surface area contributed by atoms with E-state index in [9.17, 15) is 4.79 Å². The Bertz CT molecular complexity index is 844. The van der Waals surface area contributed by atoms with E-state index in [2.05, 4.69) is 16.0 Å². The Morgan fingerprint density at radius 3 is 2.92 bits per heavy atom. The van der Waals surface area contributed by atoms with E-state index in [1.807, 2.05) is 24.3 Å². The molecule has 2 atom stereocenters. The molecule has 0 aliphatic heterocycles. The summed E-state index contributed by atoms with van der Waals surface area (Å²) in [5.74, 6) is 0.583. The van der Waals surface area contributed by atoms with E-state index in [0.29, 0.717) is 29.8 Å². The van der Waals surface area contributed by atoms with Crippen LogP contribution in [-0.4, -0.2) is 27.7 Å². The minimum absolute atomic E-state index is 0.0944. The third kappa shape index (κ3) is 3.99. The molecular formula is C20H21N3O3. The number of carboxylic acid groups (broad SMARTS) is 1. The minimum Gasteiger partial charge on any atom is -0.493 e. The van der Waals surface area contributed by atoms with Crippen LogP contribution in [-0.2, 0) is 0 Å². The fourth-order valence-corrected chi connectivity index (χ4v) is 3.35. The maximum atomic E-state index is 11.1. The van der Waals surface area contributed by atoms with Crippen LogP contribution in [0.3, 0.4) is 0 Å². The summed E-state index contributed by atoms with van der Waals surface area (Å²) in [6, 6.07) is 9.85. The third-order valence-corrected chi connectivity index (χ3v) is 4.78. The van der Waals surface area contributed by atoms with Crippen LogP contribution >= 0.6 is 0 Å². The monoisotopic (exact) mass is 351 g/mol. The first-order valence-electron chi connectivity index (χ1n) is 8.77. The predicted octanol–water partition coefficient (Wildman–Crippen LogP) is 3.86. The molecule has 0 bridgehead atoms. The maximum Gasteiger partial charge on any atom is 0.339 e. The van der Waals surface area contributed by atoms with Gasteiger partial charge in [0.15, 0.2) is 5.82 Å². The van der Waals surface area contributed by atoms with Crippen LogP contribution in [0.1, 0.15) is 41.7 Å². The maximum absolute atomic E-state index is 11.1. The van der Waals surface area contributed by atoms with E-state index < -0.39 is 5.97 Å². The molecule has 1 fully saturated rings. The van der Waals surface area contributed by atoms with Crippen LogP contribution in [0.5, 0.6) is 5.75 Å². The lowest BCUT2D eigenvalue weighted by atomic mass is 9.83. The number of benzene rings is 1. The standard InChI is InChI=1S/C20H21N3O3/c1-13-17(20(24)25)11-22-19(23-13)16-7-2-3-8-18(16)26-12-15-6-4-5-14(9-15)10-21/h2-3,7-8,11,14-15H,4-6,9,12H2,1H3,(H,24,25). The van der Waals surface area contributed by atoms with Crippen molar-refractivity contribution >= 4 is 5.97 Å². The Morgan fingerprint density at radius 2 is 2.19 bits per heavy atom. The van der Waals surface area contributed by atoms with Crippen molar-refractivity contribution in [2.24, 2.45) is 11.8 Å². The van der Waals surface area contributed by atoms with Crippen molar-refractivity contribution in [1.82, 2.24) is 9.97 Å². The highest BCUT2D eigenvalue weighted by Gasteiger charge is 2.23. The van der Waals surface area contributed by atoms with Crippen LogP contribution in [0.25, 0.3) is 11.4 Å². The lowest BCUT2D eigenvalue weighted by Gasteiger charge is -2.25. The number of aromatic nitrogens is 2. The van der Waals surface area contributed by atoms with E-state index in [1.54, 1.807) is 6.92 Å². The summed E-state index contributed by atoms with van der Waals surface area (Å²) < 4.78 is 6.04. The number of aromatic carboxylic acids is 1. The fourth-order valence-electron chi connectivity index (χ4n) is 3.35. The van der Waals surface area contributed by atoms with Crippen molar-refractivity contribution in [3.8, 4) is 23.2 Å². The van der Waals surface area contributed by atoms with Crippen LogP contribution < -0.4 is 4.74 Å². The number of nitrogens with zero attached hydrogens (tertiary/aromatic N) is 3. The highest BCUT2D eigenvalue weighted by Crippen LogP contribution is 2.32. The zero-order chi connectivity index (χ0) is 18.5. The second kappa shape index (κ2) is 7.96. The Morgan fingerprint density at radius 1 is 1.38 bits per heavy atom. The van der Waals surface area contributed by atoms with E-state index in [0.717, 1.165) is 31.2 Å². The van der Waals surface area contributed by atoms with Gasteiger partial charge >= 0.3 is 5.97 Å². The molecule has 2 aromatic rings. The number of hydrogen-bond donors (Lipinski definition) is 1. The second-order valence-corrected chi connectivity index (χ2v) is 6.66. The van der Waals surface area contributed by atoms with Gasteiger partial charge in [-0.25, -0.2) is 14.8 Å². The normalized spacial score (nSPS) is 19.5. The molecule has 1 N–H and O–H groups in total. The van der Waals surface area contributed by atoms with Crippen molar-refractivity contribution in [3.63, 3.8) is 0 Å². The quantitative estimate of drug-likeness (QED) is 0.878. The number of para-hydroxylation sites is 1. The summed E-state index contributed by atoms with van der Waals surface area (Å²) in [6.07, 6.45) is 5.32. The largest absolute Gasteiger partial charge is 0.493 e. The predicted molar refractivity (Wildman–Crippen MR) is 95.7 cm³/mol. The topological polar surface area (TPSA) is 96.1 Å². The lowest BCUT2D eigenvalue weighted by Crippen LogP contribution is -2.20. The molecule has 26 heavy (non-hydrogen) atoms. The van der Waals surface area contributed by atoms with Crippen molar-refractivity contribution < 1.29 is 14.6 Å². The van der Waals surface area contributed by atoms with Gasteiger partial charge in [0.25, 0.3) is 0 Å². The zero-order valence-electron chi connectivity index (χ0n) is 14.7. The molecule has 0 radical (unpaired) electrons. The Labute approximate surface area is 152 Å². The fraction of sp³-hybridized carbons (Fsp3) is 0.400. The smallest absolute Gasteiger partial charge is 0.339 e. The molecule has 6 heteroatoms. The van der Waals surface area contributed by atoms with Gasteiger partial charge in [0.2, 0.25) is 0 Å². The van der Waals surface area contributed by atoms with Gasteiger partial charge in [-0.3, -0.25) is 0 Å². The number of rotatable bonds is 5. The molecule has 1 aromatic carbocycles. The van der Waals surface area contributed by atoms with Crippen LogP contribution in [0.15, 0.2) is 30.5 Å². The lowest BCUT2D eigenvalue weighted by molar-refractivity contribution is 0.0695. The first-order chi connectivity index (χ1) is 12.6. The van der Waals surface area contributed by atoms with Gasteiger partial charge in [-0.05, 0) is 44.2 Å². The molecule has 1 aromatic heterocycles. The zero-order valence-corrected chi connectivity index (χ0v) is 14.7. The summed E-state index contributed by atoms with van der Waals surface area (Å²) in [5.41, 5.74) is 1.25. The van der Waals surface area contributed by atoms with Crippen molar-refractivity contribution in [2.75, 3.05) is 6.61 Å². The van der Waals surface area contributed by atoms with E-state index in [-0.39, 0.29) is 11.5 Å². The summed E-state index contributed by atoms with van der Waals surface area (Å²) in [5, 5.41) is 18.2. The summed E-state index contributed by atoms with van der Waals surface area (Å²) in [4.78, 5) is 19.7. The average Bonchev–Trinajstić information content (AvgIpc) is 2.66. The molecule has 134 valence electrons. The number of carboxylic acids is 1. The Balaban J connectivity index is 1.77. The summed E-state index contributed by atoms with van der Waals surface area (Å²) in [7, 11) is 0. The van der Waals surface area contributed by atoms with E-state index in [4.69, 9.17) is 15.1 Å². The summed E-state index contributed by atoms with van der Waals surface area (Å²) >= 11 is 0. The molecular weight excluding hydrogens is 330 g/mol. The SMILES string of the molecule is Cc1nc(-c2ccccc2OCC2CCCC(C#N)C2)ncc1C(=O)O. The Kier molecular flexibility index (Phi) is 5.47. The Hall–Kier alpha value is -2.94. The molecule has 1 aliphatic carbocycles. The number of ether oxygens (including phenoxy) is 1. The van der Waals surface area contributed by atoms with Gasteiger partial charge in [-0.1, -0.05) is 18.6 Å². The molecule has 2 unspecified atom stereocenters. The first-order valence-corrected chi connectivity index (χ1v) is 8.77. The molecule has 3 rings (SSSR count). The van der Waals surface area contributed by atoms with Crippen molar-refractivity contribution in [1.29, 1.82) is 5.26 Å². The molecule has 0 amide bonds. The molecule has 0 saturated heterocycles. The average molecular weight is 351 g/mol. The molecule has 1 aliphatic rings.